The molecule has 0 radical (unpaired) electrons. The molecule has 0 aromatic heterocycles. The second-order valence-electron chi connectivity index (χ2n) is 4.00. The molecule has 1 atom stereocenters. The Kier molecular flexibility index (Phi) is 4.11. The van der Waals surface area contributed by atoms with Crippen LogP contribution in [0.2, 0.25) is 0 Å². The van der Waals surface area contributed by atoms with Gasteiger partial charge in [-0.2, -0.15) is 11.8 Å². The highest BCUT2D eigenvalue weighted by Crippen LogP contribution is 2.15. The number of nitrogens with zero attached hydrogens (tertiary/aromatic N) is 2. The van der Waals surface area contributed by atoms with E-state index in [1.165, 1.54) is 4.90 Å². The topological polar surface area (TPSA) is 70.1 Å². The van der Waals surface area contributed by atoms with Crippen LogP contribution in [0.15, 0.2) is 0 Å². The molecule has 0 bridgehead atoms. The Morgan fingerprint density at radius 2 is 1.94 bits per heavy atom. The van der Waals surface area contributed by atoms with Gasteiger partial charge >= 0.3 is 12.0 Å². The summed E-state index contributed by atoms with van der Waals surface area (Å²) in [5.74, 6) is 0.853. The summed E-state index contributed by atoms with van der Waals surface area (Å²) in [6.45, 7) is 2.27. The smallest absolute Gasteiger partial charge is 0.328 e. The third-order valence-corrected chi connectivity index (χ3v) is 3.88. The minimum Gasteiger partial charge on any atom is -0.480 e. The number of carboxylic acid groups (broad SMARTS) is 1. The number of carboxylic acids is 1. The van der Waals surface area contributed by atoms with E-state index in [9.17, 15) is 9.59 Å². The predicted molar refractivity (Wildman–Crippen MR) is 63.2 cm³/mol. The Balaban J connectivity index is 2.02. The molecule has 0 aliphatic carbocycles. The Bertz CT molecular complexity index is 307. The summed E-state index contributed by atoms with van der Waals surface area (Å²) in [6, 6.07) is -1.01. The van der Waals surface area contributed by atoms with Crippen molar-refractivity contribution in [3.05, 3.63) is 0 Å². The number of rotatable bonds is 1. The lowest BCUT2D eigenvalue weighted by Crippen LogP contribution is -2.57. The van der Waals surface area contributed by atoms with E-state index in [-0.39, 0.29) is 12.6 Å². The third kappa shape index (κ3) is 2.84. The minimum absolute atomic E-state index is 0.0870. The van der Waals surface area contributed by atoms with E-state index in [1.54, 1.807) is 4.90 Å². The highest BCUT2D eigenvalue weighted by Gasteiger charge is 2.35. The Morgan fingerprint density at radius 1 is 1.24 bits per heavy atom. The maximum atomic E-state index is 12.2. The summed E-state index contributed by atoms with van der Waals surface area (Å²) in [5, 5.41) is 9.06. The summed E-state index contributed by atoms with van der Waals surface area (Å²) in [6.07, 6.45) is 0. The number of carbonyl (C=O) groups is 2. The molecule has 1 unspecified atom stereocenters. The first-order chi connectivity index (χ1) is 8.20. The van der Waals surface area contributed by atoms with Gasteiger partial charge in [0.15, 0.2) is 6.04 Å². The molecule has 1 N–H and O–H groups in total. The Morgan fingerprint density at radius 3 is 2.59 bits per heavy atom. The van der Waals surface area contributed by atoms with E-state index in [2.05, 4.69) is 0 Å². The molecule has 0 aromatic carbocycles. The Hall–Kier alpha value is -0.950. The molecule has 2 heterocycles. The molecule has 2 fully saturated rings. The van der Waals surface area contributed by atoms with Crippen LogP contribution in [0, 0.1) is 0 Å². The van der Waals surface area contributed by atoms with Crippen LogP contribution in [0.25, 0.3) is 0 Å². The van der Waals surface area contributed by atoms with Crippen LogP contribution in [0.5, 0.6) is 0 Å². The summed E-state index contributed by atoms with van der Waals surface area (Å²) < 4.78 is 5.11. The zero-order valence-electron chi connectivity index (χ0n) is 9.50. The van der Waals surface area contributed by atoms with Gasteiger partial charge in [0.1, 0.15) is 0 Å². The average molecular weight is 260 g/mol. The maximum absolute atomic E-state index is 12.2. The molecule has 2 aliphatic rings. The molecule has 0 spiro atoms. The summed E-state index contributed by atoms with van der Waals surface area (Å²) in [4.78, 5) is 26.4. The molecule has 0 aromatic rings. The second kappa shape index (κ2) is 5.59. The molecule has 2 amide bonds. The molecular weight excluding hydrogens is 244 g/mol. The first kappa shape index (κ1) is 12.5. The first-order valence-electron chi connectivity index (χ1n) is 5.64. The van der Waals surface area contributed by atoms with E-state index >= 15 is 0 Å². The monoisotopic (exact) mass is 260 g/mol. The molecular formula is C10H16N2O4S. The van der Waals surface area contributed by atoms with Crippen molar-refractivity contribution in [2.75, 3.05) is 44.4 Å². The number of ether oxygens (including phenoxy) is 1. The number of thioether (sulfide) groups is 1. The van der Waals surface area contributed by atoms with Crippen LogP contribution < -0.4 is 0 Å². The van der Waals surface area contributed by atoms with E-state index in [0.717, 1.165) is 11.5 Å². The second-order valence-corrected chi connectivity index (χ2v) is 5.23. The molecule has 7 heteroatoms. The van der Waals surface area contributed by atoms with Crippen molar-refractivity contribution in [3.63, 3.8) is 0 Å². The van der Waals surface area contributed by atoms with Gasteiger partial charge in [0, 0.05) is 31.1 Å². The highest BCUT2D eigenvalue weighted by atomic mass is 32.2. The highest BCUT2D eigenvalue weighted by molar-refractivity contribution is 7.99. The number of carbonyl (C=O) groups excluding carboxylic acids is 1. The van der Waals surface area contributed by atoms with Crippen molar-refractivity contribution in [1.82, 2.24) is 9.80 Å². The standard InChI is InChI=1S/C10H16N2O4S/c13-9(14)8-7-16-4-1-12(8)10(15)11-2-5-17-6-3-11/h8H,1-7H2,(H,13,14). The van der Waals surface area contributed by atoms with Gasteiger partial charge in [-0.05, 0) is 0 Å². The van der Waals surface area contributed by atoms with Gasteiger partial charge in [0.25, 0.3) is 0 Å². The lowest BCUT2D eigenvalue weighted by atomic mass is 10.2. The van der Waals surface area contributed by atoms with Gasteiger partial charge in [-0.15, -0.1) is 0 Å². The van der Waals surface area contributed by atoms with Crippen LogP contribution >= 0.6 is 11.8 Å². The van der Waals surface area contributed by atoms with E-state index in [4.69, 9.17) is 9.84 Å². The molecule has 2 saturated heterocycles. The minimum atomic E-state index is -0.996. The number of hydrogen-bond donors (Lipinski definition) is 1. The number of hydrogen-bond acceptors (Lipinski definition) is 4. The van der Waals surface area contributed by atoms with Crippen molar-refractivity contribution >= 4 is 23.8 Å². The van der Waals surface area contributed by atoms with E-state index in [0.29, 0.717) is 26.2 Å². The molecule has 0 saturated carbocycles. The molecule has 17 heavy (non-hydrogen) atoms. The van der Waals surface area contributed by atoms with Crippen LogP contribution in [0.3, 0.4) is 0 Å². The molecule has 2 aliphatic heterocycles. The number of amides is 2. The molecule has 96 valence electrons. The zero-order chi connectivity index (χ0) is 12.3. The lowest BCUT2D eigenvalue weighted by Gasteiger charge is -2.37. The van der Waals surface area contributed by atoms with Crippen molar-refractivity contribution in [2.24, 2.45) is 0 Å². The van der Waals surface area contributed by atoms with E-state index < -0.39 is 12.0 Å². The van der Waals surface area contributed by atoms with Crippen LogP contribution in [-0.4, -0.2) is 77.3 Å². The van der Waals surface area contributed by atoms with E-state index in [1.807, 2.05) is 11.8 Å². The lowest BCUT2D eigenvalue weighted by molar-refractivity contribution is -0.147. The zero-order valence-corrected chi connectivity index (χ0v) is 10.3. The molecule has 6 nitrogen and oxygen atoms in total. The summed E-state index contributed by atoms with van der Waals surface area (Å²) in [7, 11) is 0. The summed E-state index contributed by atoms with van der Waals surface area (Å²) in [5.41, 5.74) is 0. The quantitative estimate of drug-likeness (QED) is 0.715. The van der Waals surface area contributed by atoms with Crippen LogP contribution in [0.1, 0.15) is 0 Å². The normalized spacial score (nSPS) is 25.8. The summed E-state index contributed by atoms with van der Waals surface area (Å²) >= 11 is 1.82. The van der Waals surface area contributed by atoms with Gasteiger partial charge < -0.3 is 19.6 Å². The largest absolute Gasteiger partial charge is 0.480 e. The third-order valence-electron chi connectivity index (χ3n) is 2.94. The fraction of sp³-hybridized carbons (Fsp3) is 0.800. The van der Waals surface area contributed by atoms with Gasteiger partial charge in [0.2, 0.25) is 0 Å². The predicted octanol–water partition coefficient (Wildman–Crippen LogP) is -0.0594. The van der Waals surface area contributed by atoms with Crippen LogP contribution in [0.4, 0.5) is 4.79 Å². The number of aliphatic carboxylic acids is 1. The first-order valence-corrected chi connectivity index (χ1v) is 6.79. The maximum Gasteiger partial charge on any atom is 0.328 e. The fourth-order valence-electron chi connectivity index (χ4n) is 1.97. The van der Waals surface area contributed by atoms with Crippen molar-refractivity contribution in [2.45, 2.75) is 6.04 Å². The van der Waals surface area contributed by atoms with Gasteiger partial charge in [-0.25, -0.2) is 9.59 Å². The van der Waals surface area contributed by atoms with Crippen molar-refractivity contribution in [1.29, 1.82) is 0 Å². The van der Waals surface area contributed by atoms with Crippen molar-refractivity contribution < 1.29 is 19.4 Å². The van der Waals surface area contributed by atoms with Gasteiger partial charge in [0.05, 0.1) is 13.2 Å². The Labute approximate surface area is 104 Å². The average Bonchev–Trinajstić information content (AvgIpc) is 2.39. The fourth-order valence-corrected chi connectivity index (χ4v) is 2.88. The van der Waals surface area contributed by atoms with Crippen molar-refractivity contribution in [3.8, 4) is 0 Å². The number of morpholine rings is 1. The van der Waals surface area contributed by atoms with Crippen LogP contribution in [-0.2, 0) is 9.53 Å². The number of urea groups is 1. The van der Waals surface area contributed by atoms with Gasteiger partial charge in [-0.1, -0.05) is 0 Å². The molecule has 2 rings (SSSR count). The SMILES string of the molecule is O=C(O)C1COCCN1C(=O)N1CCSCC1. The van der Waals surface area contributed by atoms with Gasteiger partial charge in [-0.3, -0.25) is 0 Å².